The van der Waals surface area contributed by atoms with E-state index in [4.69, 9.17) is 15.2 Å². The molecule has 3 N–H and O–H groups in total. The fourth-order valence-corrected chi connectivity index (χ4v) is 2.21. The SMILES string of the molecule is COc1ccc(N)c(C(=O)N2CC(CO)OCC2C)c1. The van der Waals surface area contributed by atoms with Gasteiger partial charge in [-0.25, -0.2) is 0 Å². The Bertz CT molecular complexity index is 492. The van der Waals surface area contributed by atoms with Gasteiger partial charge in [0.2, 0.25) is 0 Å². The van der Waals surface area contributed by atoms with Crippen LogP contribution in [0.5, 0.6) is 5.75 Å². The molecule has 2 unspecified atom stereocenters. The van der Waals surface area contributed by atoms with Gasteiger partial charge in [-0.3, -0.25) is 4.79 Å². The van der Waals surface area contributed by atoms with Gasteiger partial charge < -0.3 is 25.2 Å². The lowest BCUT2D eigenvalue weighted by Crippen LogP contribution is -2.52. The zero-order valence-electron chi connectivity index (χ0n) is 11.7. The number of morpholine rings is 1. The molecule has 110 valence electrons. The number of carbonyl (C=O) groups is 1. The van der Waals surface area contributed by atoms with Gasteiger partial charge >= 0.3 is 0 Å². The number of methoxy groups -OCH3 is 1. The molecule has 1 heterocycles. The van der Waals surface area contributed by atoms with E-state index in [1.54, 1.807) is 30.2 Å². The van der Waals surface area contributed by atoms with Gasteiger partial charge in [-0.15, -0.1) is 0 Å². The summed E-state index contributed by atoms with van der Waals surface area (Å²) in [5, 5.41) is 9.18. The number of nitrogen functional groups attached to an aromatic ring is 1. The molecule has 6 nitrogen and oxygen atoms in total. The van der Waals surface area contributed by atoms with E-state index in [1.807, 2.05) is 6.92 Å². The summed E-state index contributed by atoms with van der Waals surface area (Å²) in [6.45, 7) is 2.56. The Labute approximate surface area is 118 Å². The van der Waals surface area contributed by atoms with Crippen molar-refractivity contribution < 1.29 is 19.4 Å². The van der Waals surface area contributed by atoms with Gasteiger partial charge in [0, 0.05) is 12.2 Å². The van der Waals surface area contributed by atoms with Crippen molar-refractivity contribution in [2.75, 3.05) is 32.6 Å². The van der Waals surface area contributed by atoms with E-state index in [0.29, 0.717) is 30.2 Å². The topological polar surface area (TPSA) is 85.0 Å². The molecular weight excluding hydrogens is 260 g/mol. The maximum absolute atomic E-state index is 12.6. The van der Waals surface area contributed by atoms with Crippen LogP contribution in [0.1, 0.15) is 17.3 Å². The normalized spacial score (nSPS) is 22.6. The quantitative estimate of drug-likeness (QED) is 0.788. The van der Waals surface area contributed by atoms with Crippen molar-refractivity contribution >= 4 is 11.6 Å². The molecule has 1 aliphatic heterocycles. The van der Waals surface area contributed by atoms with Crippen molar-refractivity contribution in [1.82, 2.24) is 4.90 Å². The molecule has 2 atom stereocenters. The van der Waals surface area contributed by atoms with Crippen molar-refractivity contribution in [1.29, 1.82) is 0 Å². The van der Waals surface area contributed by atoms with Crippen LogP contribution in [0.25, 0.3) is 0 Å². The second-order valence-electron chi connectivity index (χ2n) is 4.90. The lowest BCUT2D eigenvalue weighted by atomic mass is 10.1. The molecule has 1 saturated heterocycles. The van der Waals surface area contributed by atoms with Crippen molar-refractivity contribution in [3.63, 3.8) is 0 Å². The summed E-state index contributed by atoms with van der Waals surface area (Å²) < 4.78 is 10.6. The van der Waals surface area contributed by atoms with Crippen LogP contribution in [0.4, 0.5) is 5.69 Å². The summed E-state index contributed by atoms with van der Waals surface area (Å²) in [5.74, 6) is 0.415. The maximum atomic E-state index is 12.6. The first-order chi connectivity index (χ1) is 9.56. The number of hydrogen-bond acceptors (Lipinski definition) is 5. The molecule has 0 aliphatic carbocycles. The number of carbonyl (C=O) groups excluding carboxylic acids is 1. The average molecular weight is 280 g/mol. The summed E-state index contributed by atoms with van der Waals surface area (Å²) in [6, 6.07) is 4.94. The first-order valence-electron chi connectivity index (χ1n) is 6.53. The average Bonchev–Trinajstić information content (AvgIpc) is 2.47. The summed E-state index contributed by atoms with van der Waals surface area (Å²) in [4.78, 5) is 14.3. The third-order valence-corrected chi connectivity index (χ3v) is 3.46. The van der Waals surface area contributed by atoms with Crippen LogP contribution in [-0.2, 0) is 4.74 Å². The molecular formula is C14H20N2O4. The predicted molar refractivity (Wildman–Crippen MR) is 74.7 cm³/mol. The van der Waals surface area contributed by atoms with Crippen LogP contribution >= 0.6 is 0 Å². The van der Waals surface area contributed by atoms with Crippen molar-refractivity contribution in [2.45, 2.75) is 19.1 Å². The number of hydrogen-bond donors (Lipinski definition) is 2. The number of aliphatic hydroxyl groups is 1. The number of amides is 1. The largest absolute Gasteiger partial charge is 0.497 e. The molecule has 1 aliphatic rings. The highest BCUT2D eigenvalue weighted by molar-refractivity contribution is 5.99. The molecule has 0 saturated carbocycles. The summed E-state index contributed by atoms with van der Waals surface area (Å²) in [7, 11) is 1.54. The summed E-state index contributed by atoms with van der Waals surface area (Å²) >= 11 is 0. The first-order valence-corrected chi connectivity index (χ1v) is 6.53. The van der Waals surface area contributed by atoms with Gasteiger partial charge in [0.05, 0.1) is 38.0 Å². The highest BCUT2D eigenvalue weighted by atomic mass is 16.5. The zero-order chi connectivity index (χ0) is 14.7. The van der Waals surface area contributed by atoms with Gasteiger partial charge in [-0.1, -0.05) is 0 Å². The van der Waals surface area contributed by atoms with E-state index < -0.39 is 0 Å². The zero-order valence-corrected chi connectivity index (χ0v) is 11.7. The molecule has 0 radical (unpaired) electrons. The van der Waals surface area contributed by atoms with E-state index in [0.717, 1.165) is 0 Å². The van der Waals surface area contributed by atoms with Crippen LogP contribution in [0.3, 0.4) is 0 Å². The third-order valence-electron chi connectivity index (χ3n) is 3.46. The second kappa shape index (κ2) is 6.11. The van der Waals surface area contributed by atoms with Gasteiger partial charge in [0.1, 0.15) is 5.75 Å². The molecule has 1 amide bonds. The maximum Gasteiger partial charge on any atom is 0.256 e. The number of anilines is 1. The molecule has 0 bridgehead atoms. The Morgan fingerprint density at radius 3 is 3.00 bits per heavy atom. The monoisotopic (exact) mass is 280 g/mol. The Morgan fingerprint density at radius 2 is 2.35 bits per heavy atom. The number of ether oxygens (including phenoxy) is 2. The molecule has 1 fully saturated rings. The van der Waals surface area contributed by atoms with Crippen molar-refractivity contribution in [3.8, 4) is 5.75 Å². The van der Waals surface area contributed by atoms with Gasteiger partial charge in [0.25, 0.3) is 5.91 Å². The van der Waals surface area contributed by atoms with Crippen molar-refractivity contribution in [2.24, 2.45) is 0 Å². The van der Waals surface area contributed by atoms with Gasteiger partial charge in [-0.2, -0.15) is 0 Å². The minimum atomic E-state index is -0.345. The van der Waals surface area contributed by atoms with Gasteiger partial charge in [-0.05, 0) is 25.1 Å². The Hall–Kier alpha value is -1.79. The minimum Gasteiger partial charge on any atom is -0.497 e. The Morgan fingerprint density at radius 1 is 1.60 bits per heavy atom. The lowest BCUT2D eigenvalue weighted by molar-refractivity contribution is -0.0667. The van der Waals surface area contributed by atoms with Crippen LogP contribution < -0.4 is 10.5 Å². The van der Waals surface area contributed by atoms with Gasteiger partial charge in [0.15, 0.2) is 0 Å². The minimum absolute atomic E-state index is 0.0594. The Balaban J connectivity index is 2.25. The predicted octanol–water partition coefficient (Wildman–Crippen LogP) is 0.499. The fraction of sp³-hybridized carbons (Fsp3) is 0.500. The highest BCUT2D eigenvalue weighted by Crippen LogP contribution is 2.23. The van der Waals surface area contributed by atoms with Crippen LogP contribution in [0.15, 0.2) is 18.2 Å². The van der Waals surface area contributed by atoms with Crippen LogP contribution in [0, 0.1) is 0 Å². The van der Waals surface area contributed by atoms with E-state index >= 15 is 0 Å². The van der Waals surface area contributed by atoms with E-state index in [1.165, 1.54) is 0 Å². The number of aliphatic hydroxyl groups excluding tert-OH is 1. The lowest BCUT2D eigenvalue weighted by Gasteiger charge is -2.37. The molecule has 1 aromatic rings. The smallest absolute Gasteiger partial charge is 0.256 e. The molecule has 1 aromatic carbocycles. The molecule has 6 heteroatoms. The summed E-state index contributed by atoms with van der Waals surface area (Å²) in [5.41, 5.74) is 6.70. The number of benzene rings is 1. The van der Waals surface area contributed by atoms with E-state index in [-0.39, 0.29) is 24.7 Å². The molecule has 0 spiro atoms. The molecule has 2 rings (SSSR count). The Kier molecular flexibility index (Phi) is 4.46. The van der Waals surface area contributed by atoms with E-state index in [9.17, 15) is 9.90 Å². The molecule has 20 heavy (non-hydrogen) atoms. The second-order valence-corrected chi connectivity index (χ2v) is 4.90. The third kappa shape index (κ3) is 2.86. The van der Waals surface area contributed by atoms with Crippen LogP contribution in [0.2, 0.25) is 0 Å². The highest BCUT2D eigenvalue weighted by Gasteiger charge is 2.30. The summed E-state index contributed by atoms with van der Waals surface area (Å²) in [6.07, 6.45) is -0.345. The van der Waals surface area contributed by atoms with Crippen molar-refractivity contribution in [3.05, 3.63) is 23.8 Å². The van der Waals surface area contributed by atoms with Crippen LogP contribution in [-0.4, -0.2) is 54.9 Å². The first kappa shape index (κ1) is 14.6. The number of nitrogens with zero attached hydrogens (tertiary/aromatic N) is 1. The standard InChI is InChI=1S/C14H20N2O4/c1-9-8-20-11(7-17)6-16(9)14(18)12-5-10(19-2)3-4-13(12)15/h3-5,9,11,17H,6-8,15H2,1-2H3. The number of rotatable bonds is 3. The fourth-order valence-electron chi connectivity index (χ4n) is 2.21. The molecule has 0 aromatic heterocycles. The number of nitrogens with two attached hydrogens (primary N) is 1. The van der Waals surface area contributed by atoms with E-state index in [2.05, 4.69) is 0 Å².